The van der Waals surface area contributed by atoms with Gasteiger partial charge < -0.3 is 16.0 Å². The molecule has 1 aromatic heterocycles. The van der Waals surface area contributed by atoms with Gasteiger partial charge in [-0.05, 0) is 51.9 Å². The maximum Gasteiger partial charge on any atom is 0.237 e. The Morgan fingerprint density at radius 3 is 3.00 bits per heavy atom. The zero-order valence-corrected chi connectivity index (χ0v) is 13.0. The van der Waals surface area contributed by atoms with E-state index < -0.39 is 5.54 Å². The van der Waals surface area contributed by atoms with Crippen LogP contribution in [0.1, 0.15) is 31.4 Å². The highest BCUT2D eigenvalue weighted by Crippen LogP contribution is 2.30. The molecule has 5 heteroatoms. The Morgan fingerprint density at radius 2 is 2.38 bits per heavy atom. The lowest BCUT2D eigenvalue weighted by Gasteiger charge is -2.41. The molecule has 1 saturated carbocycles. The molecule has 0 saturated heterocycles. The largest absolute Gasteiger partial charge is 0.368 e. The molecule has 0 aliphatic heterocycles. The van der Waals surface area contributed by atoms with Gasteiger partial charge in [-0.2, -0.15) is 0 Å². The predicted octanol–water partition coefficient (Wildman–Crippen LogP) is 0.942. The number of pyridine rings is 1. The van der Waals surface area contributed by atoms with Crippen molar-refractivity contribution >= 4 is 5.91 Å². The van der Waals surface area contributed by atoms with Gasteiger partial charge in [-0.15, -0.1) is 0 Å². The minimum atomic E-state index is -0.540. The fraction of sp³-hybridized carbons (Fsp3) is 0.625. The van der Waals surface area contributed by atoms with Gasteiger partial charge in [0.15, 0.2) is 0 Å². The first-order valence-corrected chi connectivity index (χ1v) is 7.66. The fourth-order valence-electron chi connectivity index (χ4n) is 3.22. The van der Waals surface area contributed by atoms with Crippen molar-refractivity contribution in [1.29, 1.82) is 0 Å². The van der Waals surface area contributed by atoms with Crippen LogP contribution in [0.4, 0.5) is 0 Å². The molecule has 1 fully saturated rings. The SMILES string of the molecule is CNC1(C(N)=O)CCCC(N(C)CCc2ccccn2)C1. The smallest absolute Gasteiger partial charge is 0.237 e. The maximum atomic E-state index is 11.8. The zero-order valence-electron chi connectivity index (χ0n) is 13.0. The van der Waals surface area contributed by atoms with Crippen LogP contribution in [0, 0.1) is 0 Å². The summed E-state index contributed by atoms with van der Waals surface area (Å²) in [7, 11) is 3.96. The molecule has 1 aliphatic rings. The Balaban J connectivity index is 1.93. The first-order chi connectivity index (χ1) is 10.1. The molecule has 3 N–H and O–H groups in total. The van der Waals surface area contributed by atoms with E-state index in [1.54, 1.807) is 0 Å². The third kappa shape index (κ3) is 3.80. The molecule has 116 valence electrons. The Labute approximate surface area is 126 Å². The Morgan fingerprint density at radius 1 is 1.57 bits per heavy atom. The maximum absolute atomic E-state index is 11.8. The molecule has 2 atom stereocenters. The first kappa shape index (κ1) is 15.9. The number of likely N-dealkylation sites (N-methyl/N-ethyl adjacent to an activating group) is 2. The Bertz CT molecular complexity index is 465. The second kappa shape index (κ2) is 7.00. The summed E-state index contributed by atoms with van der Waals surface area (Å²) in [6.45, 7) is 0.945. The molecular formula is C16H26N4O. The number of amides is 1. The van der Waals surface area contributed by atoms with Crippen molar-refractivity contribution in [2.24, 2.45) is 5.73 Å². The minimum absolute atomic E-state index is 0.229. The van der Waals surface area contributed by atoms with E-state index in [0.29, 0.717) is 6.04 Å². The third-order valence-electron chi connectivity index (χ3n) is 4.75. The second-order valence-corrected chi connectivity index (χ2v) is 6.00. The summed E-state index contributed by atoms with van der Waals surface area (Å²) in [4.78, 5) is 18.5. The third-order valence-corrected chi connectivity index (χ3v) is 4.75. The van der Waals surface area contributed by atoms with Gasteiger partial charge in [-0.25, -0.2) is 0 Å². The van der Waals surface area contributed by atoms with Crippen molar-refractivity contribution in [1.82, 2.24) is 15.2 Å². The van der Waals surface area contributed by atoms with Gasteiger partial charge in [0.2, 0.25) is 5.91 Å². The number of hydrogen-bond donors (Lipinski definition) is 2. The molecule has 0 bridgehead atoms. The monoisotopic (exact) mass is 290 g/mol. The van der Waals surface area contributed by atoms with Gasteiger partial charge in [0.05, 0.1) is 5.54 Å². The van der Waals surface area contributed by atoms with Crippen LogP contribution in [-0.4, -0.2) is 48.0 Å². The van der Waals surface area contributed by atoms with E-state index in [1.165, 1.54) is 0 Å². The average Bonchev–Trinajstić information content (AvgIpc) is 2.53. The van der Waals surface area contributed by atoms with Crippen LogP contribution < -0.4 is 11.1 Å². The molecular weight excluding hydrogens is 264 g/mol. The van der Waals surface area contributed by atoms with E-state index in [2.05, 4.69) is 28.3 Å². The molecule has 2 unspecified atom stereocenters. The summed E-state index contributed by atoms with van der Waals surface area (Å²) < 4.78 is 0. The number of nitrogens with one attached hydrogen (secondary N) is 1. The number of hydrogen-bond acceptors (Lipinski definition) is 4. The zero-order chi connectivity index (χ0) is 15.3. The van der Waals surface area contributed by atoms with Crippen LogP contribution in [0.3, 0.4) is 0 Å². The van der Waals surface area contributed by atoms with Crippen LogP contribution in [0.25, 0.3) is 0 Å². The van der Waals surface area contributed by atoms with E-state index in [-0.39, 0.29) is 5.91 Å². The molecule has 1 heterocycles. The summed E-state index contributed by atoms with van der Waals surface area (Å²) in [6, 6.07) is 6.39. The predicted molar refractivity (Wildman–Crippen MR) is 83.8 cm³/mol. The number of nitrogens with two attached hydrogens (primary N) is 1. The summed E-state index contributed by atoms with van der Waals surface area (Å²) in [6.07, 6.45) is 6.53. The summed E-state index contributed by atoms with van der Waals surface area (Å²) in [5.41, 5.74) is 6.18. The number of rotatable bonds is 6. The number of carbonyl (C=O) groups excluding carboxylic acids is 1. The van der Waals surface area contributed by atoms with Crippen LogP contribution in [0.5, 0.6) is 0 Å². The number of aromatic nitrogens is 1. The molecule has 21 heavy (non-hydrogen) atoms. The van der Waals surface area contributed by atoms with Crippen LogP contribution >= 0.6 is 0 Å². The van der Waals surface area contributed by atoms with Crippen molar-refractivity contribution < 1.29 is 4.79 Å². The quantitative estimate of drug-likeness (QED) is 0.818. The van der Waals surface area contributed by atoms with E-state index in [9.17, 15) is 4.79 Å². The Kier molecular flexibility index (Phi) is 5.31. The van der Waals surface area contributed by atoms with Crippen molar-refractivity contribution in [3.05, 3.63) is 30.1 Å². The number of nitrogens with zero attached hydrogens (tertiary/aromatic N) is 2. The second-order valence-electron chi connectivity index (χ2n) is 6.00. The summed E-state index contributed by atoms with van der Waals surface area (Å²) >= 11 is 0. The van der Waals surface area contributed by atoms with Gasteiger partial charge in [0.25, 0.3) is 0 Å². The highest BCUT2D eigenvalue weighted by atomic mass is 16.1. The van der Waals surface area contributed by atoms with Crippen LogP contribution in [-0.2, 0) is 11.2 Å². The number of carbonyl (C=O) groups is 1. The normalized spacial score (nSPS) is 26.0. The molecule has 2 rings (SSSR count). The fourth-order valence-corrected chi connectivity index (χ4v) is 3.22. The van der Waals surface area contributed by atoms with Crippen LogP contribution in [0.2, 0.25) is 0 Å². The van der Waals surface area contributed by atoms with Gasteiger partial charge in [0, 0.05) is 30.9 Å². The number of primary amides is 1. The van der Waals surface area contributed by atoms with Crippen molar-refractivity contribution in [2.45, 2.75) is 43.7 Å². The average molecular weight is 290 g/mol. The van der Waals surface area contributed by atoms with E-state index in [0.717, 1.165) is 44.3 Å². The van der Waals surface area contributed by atoms with Crippen molar-refractivity contribution in [3.8, 4) is 0 Å². The molecule has 0 spiro atoms. The first-order valence-electron chi connectivity index (χ1n) is 7.66. The standard InChI is InChI=1S/C16H26N4O/c1-18-16(15(17)21)9-5-7-14(12-16)20(2)11-8-13-6-3-4-10-19-13/h3-4,6,10,14,18H,5,7-9,11-12H2,1-2H3,(H2,17,21). The lowest BCUT2D eigenvalue weighted by Crippen LogP contribution is -2.59. The van der Waals surface area contributed by atoms with Crippen molar-refractivity contribution in [2.75, 3.05) is 20.6 Å². The van der Waals surface area contributed by atoms with E-state index >= 15 is 0 Å². The Hall–Kier alpha value is -1.46. The van der Waals surface area contributed by atoms with Gasteiger partial charge in [0.1, 0.15) is 0 Å². The van der Waals surface area contributed by atoms with Gasteiger partial charge in [-0.1, -0.05) is 6.07 Å². The van der Waals surface area contributed by atoms with Crippen LogP contribution in [0.15, 0.2) is 24.4 Å². The highest BCUT2D eigenvalue weighted by molar-refractivity contribution is 5.84. The molecule has 0 radical (unpaired) electrons. The topological polar surface area (TPSA) is 71.2 Å². The summed E-state index contributed by atoms with van der Waals surface area (Å²) in [5, 5.41) is 3.16. The van der Waals surface area contributed by atoms with Crippen molar-refractivity contribution in [3.63, 3.8) is 0 Å². The highest BCUT2D eigenvalue weighted by Gasteiger charge is 2.40. The molecule has 0 aromatic carbocycles. The van der Waals surface area contributed by atoms with Gasteiger partial charge in [-0.3, -0.25) is 9.78 Å². The van der Waals surface area contributed by atoms with Gasteiger partial charge >= 0.3 is 0 Å². The molecule has 5 nitrogen and oxygen atoms in total. The summed E-state index contributed by atoms with van der Waals surface area (Å²) in [5.74, 6) is -0.229. The lowest BCUT2D eigenvalue weighted by atomic mass is 9.78. The molecule has 1 aliphatic carbocycles. The molecule has 1 amide bonds. The van der Waals surface area contributed by atoms with E-state index in [4.69, 9.17) is 5.73 Å². The molecule has 1 aromatic rings. The lowest BCUT2D eigenvalue weighted by molar-refractivity contribution is -0.126. The minimum Gasteiger partial charge on any atom is -0.368 e. The van der Waals surface area contributed by atoms with E-state index in [1.807, 2.05) is 25.4 Å².